The lowest BCUT2D eigenvalue weighted by Crippen LogP contribution is -2.60. The van der Waals surface area contributed by atoms with E-state index in [-0.39, 0.29) is 17.5 Å². The smallest absolute Gasteiger partial charge is 0.269 e. The third-order valence-electron chi connectivity index (χ3n) is 3.34. The summed E-state index contributed by atoms with van der Waals surface area (Å²) < 4.78 is 0. The van der Waals surface area contributed by atoms with Gasteiger partial charge in [0.1, 0.15) is 6.04 Å². The van der Waals surface area contributed by atoms with Gasteiger partial charge in [-0.3, -0.25) is 19.7 Å². The number of hydrogen-bond donors (Lipinski definition) is 2. The van der Waals surface area contributed by atoms with Crippen molar-refractivity contribution in [3.8, 4) is 0 Å². The summed E-state index contributed by atoms with van der Waals surface area (Å²) in [6, 6.07) is 4.35. The zero-order valence-corrected chi connectivity index (χ0v) is 11.5. The van der Waals surface area contributed by atoms with E-state index in [1.54, 1.807) is 6.92 Å². The van der Waals surface area contributed by atoms with E-state index in [1.807, 2.05) is 0 Å². The van der Waals surface area contributed by atoms with Crippen molar-refractivity contribution in [1.29, 1.82) is 0 Å². The Morgan fingerprint density at radius 2 is 2.05 bits per heavy atom. The molecule has 3 N–H and O–H groups in total. The summed E-state index contributed by atoms with van der Waals surface area (Å²) >= 11 is 0. The molecule has 0 aromatic heterocycles. The quantitative estimate of drug-likeness (QED) is 0.618. The minimum absolute atomic E-state index is 0.0506. The van der Waals surface area contributed by atoms with Crippen molar-refractivity contribution in [3.05, 3.63) is 34.4 Å². The fourth-order valence-electron chi connectivity index (χ4n) is 2.08. The van der Waals surface area contributed by atoms with Crippen molar-refractivity contribution in [2.75, 3.05) is 11.9 Å². The number of nitro groups is 1. The molecule has 1 fully saturated rings. The molecule has 0 bridgehead atoms. The highest BCUT2D eigenvalue weighted by atomic mass is 16.6. The van der Waals surface area contributed by atoms with E-state index in [0.29, 0.717) is 18.7 Å². The second-order valence-electron chi connectivity index (χ2n) is 4.92. The van der Waals surface area contributed by atoms with E-state index < -0.39 is 17.0 Å². The van der Waals surface area contributed by atoms with Crippen LogP contribution in [0, 0.1) is 10.1 Å². The highest BCUT2D eigenvalue weighted by molar-refractivity contribution is 5.98. The standard InChI is InChI=1S/C13H16N4O4/c1-8(14)13(19)16-7-6-11(16)12(18)15-9-2-4-10(5-3-9)17(20)21/h2-5,8,11H,6-7,14H2,1H3,(H,15,18)/t8-,11?/m0/s1. The van der Waals surface area contributed by atoms with Crippen LogP contribution < -0.4 is 11.1 Å². The largest absolute Gasteiger partial charge is 0.329 e. The minimum atomic E-state index is -0.639. The molecule has 2 atom stereocenters. The van der Waals surface area contributed by atoms with Crippen LogP contribution in [0.1, 0.15) is 13.3 Å². The van der Waals surface area contributed by atoms with E-state index >= 15 is 0 Å². The number of non-ortho nitro benzene ring substituents is 1. The van der Waals surface area contributed by atoms with Crippen molar-refractivity contribution in [1.82, 2.24) is 4.90 Å². The van der Waals surface area contributed by atoms with Gasteiger partial charge in [0, 0.05) is 24.4 Å². The number of nitrogens with one attached hydrogen (secondary N) is 1. The van der Waals surface area contributed by atoms with E-state index in [4.69, 9.17) is 5.73 Å². The van der Waals surface area contributed by atoms with Gasteiger partial charge in [-0.1, -0.05) is 0 Å². The Morgan fingerprint density at radius 1 is 1.43 bits per heavy atom. The Labute approximate surface area is 121 Å². The molecule has 8 nitrogen and oxygen atoms in total. The molecular weight excluding hydrogens is 276 g/mol. The zero-order valence-electron chi connectivity index (χ0n) is 11.5. The second-order valence-corrected chi connectivity index (χ2v) is 4.92. The number of carbonyl (C=O) groups excluding carboxylic acids is 2. The average molecular weight is 292 g/mol. The molecule has 1 unspecified atom stereocenters. The Hall–Kier alpha value is -2.48. The average Bonchev–Trinajstić information content (AvgIpc) is 2.37. The first kappa shape index (κ1) is 14.9. The van der Waals surface area contributed by atoms with Crippen LogP contribution in [0.15, 0.2) is 24.3 Å². The van der Waals surface area contributed by atoms with Crippen LogP contribution in [-0.4, -0.2) is 40.3 Å². The maximum atomic E-state index is 12.1. The first-order valence-corrected chi connectivity index (χ1v) is 6.51. The fraction of sp³-hybridized carbons (Fsp3) is 0.385. The van der Waals surface area contributed by atoms with Crippen LogP contribution in [0.3, 0.4) is 0 Å². The SMILES string of the molecule is C[C@H](N)C(=O)N1CCC1C(=O)Nc1ccc([N+](=O)[O-])cc1. The summed E-state index contributed by atoms with van der Waals surface area (Å²) in [6.45, 7) is 2.09. The number of carbonyl (C=O) groups is 2. The van der Waals surface area contributed by atoms with Crippen LogP contribution >= 0.6 is 0 Å². The van der Waals surface area contributed by atoms with Gasteiger partial charge in [-0.25, -0.2) is 0 Å². The molecule has 1 saturated heterocycles. The van der Waals surface area contributed by atoms with Crippen molar-refractivity contribution >= 4 is 23.2 Å². The molecule has 0 spiro atoms. The van der Waals surface area contributed by atoms with Gasteiger partial charge in [0.2, 0.25) is 11.8 Å². The first-order valence-electron chi connectivity index (χ1n) is 6.51. The van der Waals surface area contributed by atoms with Crippen LogP contribution in [0.4, 0.5) is 11.4 Å². The van der Waals surface area contributed by atoms with Crippen LogP contribution in [-0.2, 0) is 9.59 Å². The van der Waals surface area contributed by atoms with E-state index in [1.165, 1.54) is 29.2 Å². The number of hydrogen-bond acceptors (Lipinski definition) is 5. The number of nitrogens with zero attached hydrogens (tertiary/aromatic N) is 2. The number of anilines is 1. The zero-order chi connectivity index (χ0) is 15.6. The monoisotopic (exact) mass is 292 g/mol. The number of nitro benzene ring substituents is 1. The third-order valence-corrected chi connectivity index (χ3v) is 3.34. The lowest BCUT2D eigenvalue weighted by Gasteiger charge is -2.40. The fourth-order valence-corrected chi connectivity index (χ4v) is 2.08. The number of likely N-dealkylation sites (tertiary alicyclic amines) is 1. The molecule has 1 aliphatic heterocycles. The maximum absolute atomic E-state index is 12.1. The molecule has 1 aromatic carbocycles. The molecule has 1 aliphatic rings. The molecule has 112 valence electrons. The Bertz CT molecular complexity index is 570. The molecule has 2 amide bonds. The summed E-state index contributed by atoms with van der Waals surface area (Å²) in [5.74, 6) is -0.575. The Kier molecular flexibility index (Phi) is 4.18. The highest BCUT2D eigenvalue weighted by Gasteiger charge is 2.38. The molecule has 21 heavy (non-hydrogen) atoms. The topological polar surface area (TPSA) is 119 Å². The predicted octanol–water partition coefficient (Wildman–Crippen LogP) is 0.481. The number of benzene rings is 1. The van der Waals surface area contributed by atoms with E-state index in [0.717, 1.165) is 0 Å². The third kappa shape index (κ3) is 3.16. The van der Waals surface area contributed by atoms with Gasteiger partial charge in [0.15, 0.2) is 0 Å². The van der Waals surface area contributed by atoms with Crippen molar-refractivity contribution in [2.45, 2.75) is 25.4 Å². The molecule has 1 heterocycles. The summed E-state index contributed by atoms with van der Waals surface area (Å²) in [5, 5.41) is 13.2. The van der Waals surface area contributed by atoms with Crippen LogP contribution in [0.5, 0.6) is 0 Å². The summed E-state index contributed by atoms with van der Waals surface area (Å²) in [4.78, 5) is 35.3. The van der Waals surface area contributed by atoms with Gasteiger partial charge in [0.25, 0.3) is 5.69 Å². The molecular formula is C13H16N4O4. The van der Waals surface area contributed by atoms with Gasteiger partial charge < -0.3 is 16.0 Å². The Morgan fingerprint density at radius 3 is 2.48 bits per heavy atom. The van der Waals surface area contributed by atoms with Crippen molar-refractivity contribution < 1.29 is 14.5 Å². The number of rotatable bonds is 4. The van der Waals surface area contributed by atoms with E-state index in [2.05, 4.69) is 5.32 Å². The normalized spacial score (nSPS) is 18.6. The lowest BCUT2D eigenvalue weighted by molar-refractivity contribution is -0.384. The molecule has 0 radical (unpaired) electrons. The number of nitrogens with two attached hydrogens (primary N) is 1. The van der Waals surface area contributed by atoms with Gasteiger partial charge in [0.05, 0.1) is 11.0 Å². The van der Waals surface area contributed by atoms with Crippen LogP contribution in [0.2, 0.25) is 0 Å². The van der Waals surface area contributed by atoms with E-state index in [9.17, 15) is 19.7 Å². The highest BCUT2D eigenvalue weighted by Crippen LogP contribution is 2.21. The molecule has 2 rings (SSSR count). The summed E-state index contributed by atoms with van der Waals surface area (Å²) in [5.41, 5.74) is 5.92. The first-order chi connectivity index (χ1) is 9.90. The maximum Gasteiger partial charge on any atom is 0.269 e. The second kappa shape index (κ2) is 5.88. The van der Waals surface area contributed by atoms with Crippen molar-refractivity contribution in [3.63, 3.8) is 0 Å². The molecule has 1 aromatic rings. The molecule has 0 saturated carbocycles. The van der Waals surface area contributed by atoms with Gasteiger partial charge in [-0.2, -0.15) is 0 Å². The number of amides is 2. The molecule has 8 heteroatoms. The molecule has 0 aliphatic carbocycles. The van der Waals surface area contributed by atoms with Gasteiger partial charge in [-0.15, -0.1) is 0 Å². The Balaban J connectivity index is 1.98. The van der Waals surface area contributed by atoms with Gasteiger partial charge >= 0.3 is 0 Å². The van der Waals surface area contributed by atoms with Crippen molar-refractivity contribution in [2.24, 2.45) is 5.73 Å². The van der Waals surface area contributed by atoms with Gasteiger partial charge in [-0.05, 0) is 25.5 Å². The minimum Gasteiger partial charge on any atom is -0.329 e. The summed E-state index contributed by atoms with van der Waals surface area (Å²) in [6.07, 6.45) is 0.581. The predicted molar refractivity (Wildman–Crippen MR) is 75.5 cm³/mol. The lowest BCUT2D eigenvalue weighted by atomic mass is 10.0. The summed E-state index contributed by atoms with van der Waals surface area (Å²) in [7, 11) is 0. The van der Waals surface area contributed by atoms with Crippen LogP contribution in [0.25, 0.3) is 0 Å².